The zero-order valence-electron chi connectivity index (χ0n) is 7.22. The topological polar surface area (TPSA) is 18.5 Å². The zero-order valence-corrected chi connectivity index (χ0v) is 7.98. The van der Waals surface area contributed by atoms with Gasteiger partial charge in [0, 0.05) is 18.7 Å². The van der Waals surface area contributed by atoms with Gasteiger partial charge in [-0.3, -0.25) is 0 Å². The molecule has 0 unspecified atom stereocenters. The number of hydrogen-bond acceptors (Lipinski definition) is 2. The van der Waals surface area contributed by atoms with Crippen LogP contribution in [0.2, 0.25) is 0 Å². The van der Waals surface area contributed by atoms with E-state index in [0.29, 0.717) is 5.88 Å². The van der Waals surface area contributed by atoms with E-state index in [1.54, 1.807) is 0 Å². The molecule has 1 aliphatic heterocycles. The van der Waals surface area contributed by atoms with Crippen LogP contribution in [0.4, 0.5) is 0 Å². The van der Waals surface area contributed by atoms with Crippen LogP contribution in [0.25, 0.3) is 0 Å². The Bertz CT molecular complexity index is 155. The molecule has 1 atom stereocenters. The molecule has 2 nitrogen and oxygen atoms in total. The van der Waals surface area contributed by atoms with Gasteiger partial charge in [-0.1, -0.05) is 0 Å². The number of rotatable bonds is 2. The highest BCUT2D eigenvalue weighted by molar-refractivity contribution is 6.17. The lowest BCUT2D eigenvalue weighted by atomic mass is 10.2. The third-order valence-electron chi connectivity index (χ3n) is 2.71. The van der Waals surface area contributed by atoms with Crippen molar-refractivity contribution < 1.29 is 9.47 Å². The van der Waals surface area contributed by atoms with Crippen molar-refractivity contribution in [2.24, 2.45) is 0 Å². The molecule has 0 aromatic carbocycles. The minimum atomic E-state index is -0.198. The van der Waals surface area contributed by atoms with Gasteiger partial charge in [-0.25, -0.2) is 0 Å². The van der Waals surface area contributed by atoms with E-state index in [0.717, 1.165) is 25.9 Å². The second kappa shape index (κ2) is 3.52. The van der Waals surface area contributed by atoms with Gasteiger partial charge in [-0.05, 0) is 19.3 Å². The molecule has 0 N–H and O–H groups in total. The molecule has 1 saturated carbocycles. The maximum Gasteiger partial charge on any atom is 0.168 e. The largest absolute Gasteiger partial charge is 0.347 e. The standard InChI is InChI=1S/C9H15ClO2/c10-6-3-8-7-11-9(12-8)4-1-2-5-9/h8H,1-7H2/t8-/m0/s1. The van der Waals surface area contributed by atoms with Gasteiger partial charge >= 0.3 is 0 Å². The first-order valence-corrected chi connectivity index (χ1v) is 5.26. The van der Waals surface area contributed by atoms with Gasteiger partial charge in [-0.2, -0.15) is 0 Å². The van der Waals surface area contributed by atoms with E-state index in [1.165, 1.54) is 12.8 Å². The first-order chi connectivity index (χ1) is 5.85. The highest BCUT2D eigenvalue weighted by Gasteiger charge is 2.43. The Labute approximate surface area is 78.2 Å². The Hall–Kier alpha value is 0.210. The Balaban J connectivity index is 1.88. The van der Waals surface area contributed by atoms with Crippen LogP contribution in [0.15, 0.2) is 0 Å². The van der Waals surface area contributed by atoms with Crippen molar-refractivity contribution in [3.8, 4) is 0 Å². The van der Waals surface area contributed by atoms with E-state index in [4.69, 9.17) is 21.1 Å². The summed E-state index contributed by atoms with van der Waals surface area (Å²) in [6, 6.07) is 0. The maximum absolute atomic E-state index is 5.84. The summed E-state index contributed by atoms with van der Waals surface area (Å²) in [4.78, 5) is 0. The first kappa shape index (κ1) is 8.79. The minimum Gasteiger partial charge on any atom is -0.347 e. The van der Waals surface area contributed by atoms with Gasteiger partial charge in [0.1, 0.15) is 0 Å². The summed E-state index contributed by atoms with van der Waals surface area (Å²) in [5, 5.41) is 0. The van der Waals surface area contributed by atoms with Crippen LogP contribution < -0.4 is 0 Å². The molecule has 2 aliphatic rings. The normalized spacial score (nSPS) is 33.2. The molecule has 1 saturated heterocycles. The summed E-state index contributed by atoms with van der Waals surface area (Å²) in [5.74, 6) is 0.473. The number of halogens is 1. The molecule has 2 fully saturated rings. The molecule has 0 aromatic heterocycles. The van der Waals surface area contributed by atoms with E-state index in [1.807, 2.05) is 0 Å². The van der Waals surface area contributed by atoms with Crippen LogP contribution in [0.1, 0.15) is 32.1 Å². The SMILES string of the molecule is ClCC[C@H]1COC2(CCCC2)O1. The predicted octanol–water partition coefficient (Wildman–Crippen LogP) is 2.30. The Morgan fingerprint density at radius 1 is 1.33 bits per heavy atom. The van der Waals surface area contributed by atoms with E-state index >= 15 is 0 Å². The Morgan fingerprint density at radius 3 is 2.75 bits per heavy atom. The molecule has 1 spiro atoms. The lowest BCUT2D eigenvalue weighted by Gasteiger charge is -2.21. The van der Waals surface area contributed by atoms with Crippen LogP contribution in [0, 0.1) is 0 Å². The minimum absolute atomic E-state index is 0.198. The molecule has 0 amide bonds. The van der Waals surface area contributed by atoms with Crippen molar-refractivity contribution in [2.75, 3.05) is 12.5 Å². The summed E-state index contributed by atoms with van der Waals surface area (Å²) in [7, 11) is 0. The smallest absolute Gasteiger partial charge is 0.168 e. The molecular formula is C9H15ClO2. The highest BCUT2D eigenvalue weighted by atomic mass is 35.5. The lowest BCUT2D eigenvalue weighted by molar-refractivity contribution is -0.161. The molecule has 0 radical (unpaired) electrons. The molecule has 0 aromatic rings. The molecule has 3 heteroatoms. The second-order valence-electron chi connectivity index (χ2n) is 3.65. The average molecular weight is 191 g/mol. The molecule has 0 bridgehead atoms. The quantitative estimate of drug-likeness (QED) is 0.623. The van der Waals surface area contributed by atoms with Crippen molar-refractivity contribution in [1.82, 2.24) is 0 Å². The molecular weight excluding hydrogens is 176 g/mol. The monoisotopic (exact) mass is 190 g/mol. The van der Waals surface area contributed by atoms with Crippen LogP contribution >= 0.6 is 11.6 Å². The molecule has 1 aliphatic carbocycles. The summed E-state index contributed by atoms with van der Waals surface area (Å²) in [6.07, 6.45) is 5.81. The van der Waals surface area contributed by atoms with E-state index in [2.05, 4.69) is 0 Å². The lowest BCUT2D eigenvalue weighted by Crippen LogP contribution is -2.26. The molecule has 2 rings (SSSR count). The number of alkyl halides is 1. The van der Waals surface area contributed by atoms with Gasteiger partial charge < -0.3 is 9.47 Å². The van der Waals surface area contributed by atoms with Crippen molar-refractivity contribution in [3.05, 3.63) is 0 Å². The van der Waals surface area contributed by atoms with Gasteiger partial charge in [0.25, 0.3) is 0 Å². The Morgan fingerprint density at radius 2 is 2.08 bits per heavy atom. The van der Waals surface area contributed by atoms with Crippen LogP contribution in [0.3, 0.4) is 0 Å². The summed E-state index contributed by atoms with van der Waals surface area (Å²) in [5.41, 5.74) is 0. The molecule has 12 heavy (non-hydrogen) atoms. The fourth-order valence-corrected chi connectivity index (χ4v) is 2.30. The van der Waals surface area contributed by atoms with Crippen molar-refractivity contribution >= 4 is 11.6 Å². The molecule has 70 valence electrons. The van der Waals surface area contributed by atoms with Crippen molar-refractivity contribution in [2.45, 2.75) is 44.0 Å². The first-order valence-electron chi connectivity index (χ1n) is 4.72. The summed E-state index contributed by atoms with van der Waals surface area (Å²) in [6.45, 7) is 0.743. The van der Waals surface area contributed by atoms with E-state index < -0.39 is 0 Å². The Kier molecular flexibility index (Phi) is 2.58. The summed E-state index contributed by atoms with van der Waals surface area (Å²) >= 11 is 5.64. The highest BCUT2D eigenvalue weighted by Crippen LogP contribution is 2.39. The van der Waals surface area contributed by atoms with Gasteiger partial charge in [0.15, 0.2) is 5.79 Å². The second-order valence-corrected chi connectivity index (χ2v) is 4.02. The fraction of sp³-hybridized carbons (Fsp3) is 1.00. The fourth-order valence-electron chi connectivity index (χ4n) is 2.06. The number of ether oxygens (including phenoxy) is 2. The van der Waals surface area contributed by atoms with Crippen molar-refractivity contribution in [3.63, 3.8) is 0 Å². The predicted molar refractivity (Wildman–Crippen MR) is 47.4 cm³/mol. The number of hydrogen-bond donors (Lipinski definition) is 0. The summed E-state index contributed by atoms with van der Waals surface area (Å²) < 4.78 is 11.5. The third kappa shape index (κ3) is 1.61. The van der Waals surface area contributed by atoms with Crippen LogP contribution in [0.5, 0.6) is 0 Å². The van der Waals surface area contributed by atoms with Crippen LogP contribution in [-0.2, 0) is 9.47 Å². The van der Waals surface area contributed by atoms with Crippen LogP contribution in [-0.4, -0.2) is 24.4 Å². The maximum atomic E-state index is 5.84. The van der Waals surface area contributed by atoms with Crippen molar-refractivity contribution in [1.29, 1.82) is 0 Å². The van der Waals surface area contributed by atoms with Gasteiger partial charge in [0.2, 0.25) is 0 Å². The average Bonchev–Trinajstić information content (AvgIpc) is 2.65. The van der Waals surface area contributed by atoms with Gasteiger partial charge in [0.05, 0.1) is 12.7 Å². The van der Waals surface area contributed by atoms with E-state index in [-0.39, 0.29) is 11.9 Å². The van der Waals surface area contributed by atoms with E-state index in [9.17, 15) is 0 Å². The molecule has 1 heterocycles. The van der Waals surface area contributed by atoms with Gasteiger partial charge in [-0.15, -0.1) is 11.6 Å². The third-order valence-corrected chi connectivity index (χ3v) is 2.93. The zero-order chi connectivity index (χ0) is 8.44.